The third kappa shape index (κ3) is 1.31. The molecule has 1 aromatic rings. The van der Waals surface area contributed by atoms with Crippen LogP contribution in [0.25, 0.3) is 0 Å². The molecular formula is C10H15N3O. The van der Waals surface area contributed by atoms with Gasteiger partial charge in [-0.25, -0.2) is 0 Å². The Hall–Kier alpha value is -1.32. The van der Waals surface area contributed by atoms with E-state index in [0.29, 0.717) is 6.04 Å². The summed E-state index contributed by atoms with van der Waals surface area (Å²) in [5.74, 6) is 0. The van der Waals surface area contributed by atoms with Crippen LogP contribution in [0.15, 0.2) is 11.4 Å². The van der Waals surface area contributed by atoms with Crippen molar-refractivity contribution in [3.63, 3.8) is 0 Å². The molecule has 0 saturated heterocycles. The lowest BCUT2D eigenvalue weighted by molar-refractivity contribution is 0.317. The van der Waals surface area contributed by atoms with E-state index >= 15 is 0 Å². The van der Waals surface area contributed by atoms with Gasteiger partial charge in [0.15, 0.2) is 0 Å². The molecule has 2 rings (SSSR count). The summed E-state index contributed by atoms with van der Waals surface area (Å²) in [6.45, 7) is 4.22. The molecule has 1 heterocycles. The molecule has 1 N–H and O–H groups in total. The van der Waals surface area contributed by atoms with Crippen LogP contribution in [0.2, 0.25) is 0 Å². The summed E-state index contributed by atoms with van der Waals surface area (Å²) >= 11 is 0. The van der Waals surface area contributed by atoms with Crippen LogP contribution in [-0.2, 0) is 6.42 Å². The second kappa shape index (κ2) is 3.44. The highest BCUT2D eigenvalue weighted by Crippen LogP contribution is 2.23. The van der Waals surface area contributed by atoms with Gasteiger partial charge in [0.1, 0.15) is 0 Å². The van der Waals surface area contributed by atoms with E-state index in [-0.39, 0.29) is 0 Å². The summed E-state index contributed by atoms with van der Waals surface area (Å²) < 4.78 is 2.01. The molecule has 0 unspecified atom stereocenters. The summed E-state index contributed by atoms with van der Waals surface area (Å²) in [4.78, 5) is 0. The summed E-state index contributed by atoms with van der Waals surface area (Å²) in [5, 5.41) is 16.5. The third-order valence-electron chi connectivity index (χ3n) is 2.65. The van der Waals surface area contributed by atoms with Crippen molar-refractivity contribution in [2.45, 2.75) is 39.2 Å². The monoisotopic (exact) mass is 193 g/mol. The van der Waals surface area contributed by atoms with Crippen molar-refractivity contribution in [3.05, 3.63) is 17.5 Å². The fourth-order valence-electron chi connectivity index (χ4n) is 1.98. The fraction of sp³-hybridized carbons (Fsp3) is 0.600. The van der Waals surface area contributed by atoms with Crippen LogP contribution in [0.4, 0.5) is 0 Å². The van der Waals surface area contributed by atoms with E-state index in [1.807, 2.05) is 10.9 Å². The van der Waals surface area contributed by atoms with Gasteiger partial charge in [0.05, 0.1) is 11.9 Å². The Morgan fingerprint density at radius 1 is 1.50 bits per heavy atom. The van der Waals surface area contributed by atoms with Crippen molar-refractivity contribution in [2.24, 2.45) is 5.16 Å². The second-order valence-electron chi connectivity index (χ2n) is 3.94. The number of oxime groups is 1. The fourth-order valence-corrected chi connectivity index (χ4v) is 1.98. The molecule has 4 heteroatoms. The molecule has 0 radical (unpaired) electrons. The van der Waals surface area contributed by atoms with E-state index in [1.54, 1.807) is 0 Å². The topological polar surface area (TPSA) is 50.4 Å². The smallest absolute Gasteiger partial charge is 0.0902 e. The molecule has 0 atom stereocenters. The van der Waals surface area contributed by atoms with E-state index < -0.39 is 0 Å². The van der Waals surface area contributed by atoms with Crippen LogP contribution in [-0.4, -0.2) is 20.7 Å². The molecule has 0 fully saturated rings. The number of hydrogen-bond acceptors (Lipinski definition) is 3. The first kappa shape index (κ1) is 9.24. The van der Waals surface area contributed by atoms with Gasteiger partial charge in [-0.2, -0.15) is 5.10 Å². The van der Waals surface area contributed by atoms with Crippen molar-refractivity contribution < 1.29 is 5.21 Å². The molecule has 0 aliphatic heterocycles. The maximum Gasteiger partial charge on any atom is 0.0902 e. The predicted molar refractivity (Wildman–Crippen MR) is 53.9 cm³/mol. The lowest BCUT2D eigenvalue weighted by Crippen LogP contribution is -2.15. The van der Waals surface area contributed by atoms with Crippen molar-refractivity contribution in [1.82, 2.24) is 9.78 Å². The molecule has 14 heavy (non-hydrogen) atoms. The molecule has 76 valence electrons. The van der Waals surface area contributed by atoms with Crippen LogP contribution < -0.4 is 0 Å². The van der Waals surface area contributed by atoms with Crippen LogP contribution in [0.5, 0.6) is 0 Å². The zero-order valence-corrected chi connectivity index (χ0v) is 8.56. The van der Waals surface area contributed by atoms with Gasteiger partial charge < -0.3 is 5.21 Å². The summed E-state index contributed by atoms with van der Waals surface area (Å²) in [7, 11) is 0. The van der Waals surface area contributed by atoms with Gasteiger partial charge >= 0.3 is 0 Å². The average Bonchev–Trinajstić information content (AvgIpc) is 2.60. The van der Waals surface area contributed by atoms with Crippen LogP contribution in [0.1, 0.15) is 44.0 Å². The first-order valence-electron chi connectivity index (χ1n) is 5.01. The molecule has 1 aliphatic rings. The number of hydrogen-bond donors (Lipinski definition) is 1. The van der Waals surface area contributed by atoms with Crippen molar-refractivity contribution in [1.29, 1.82) is 0 Å². The molecule has 0 aromatic carbocycles. The maximum absolute atomic E-state index is 8.84. The minimum Gasteiger partial charge on any atom is -0.411 e. The van der Waals surface area contributed by atoms with E-state index in [0.717, 1.165) is 30.5 Å². The minimum absolute atomic E-state index is 0.372. The summed E-state index contributed by atoms with van der Waals surface area (Å²) in [6.07, 6.45) is 4.74. The minimum atomic E-state index is 0.372. The Balaban J connectivity index is 2.48. The standard InChI is InChI=1S/C10H15N3O/c1-7(2)13-10-5-3-4-9(12-14)8(10)6-11-13/h6-7,14H,3-5H2,1-2H3/b12-9-. The quantitative estimate of drug-likeness (QED) is 0.547. The van der Waals surface area contributed by atoms with Gasteiger partial charge in [-0.15, -0.1) is 0 Å². The van der Waals surface area contributed by atoms with Gasteiger partial charge in [0, 0.05) is 17.3 Å². The summed E-state index contributed by atoms with van der Waals surface area (Å²) in [5.41, 5.74) is 3.00. The van der Waals surface area contributed by atoms with Gasteiger partial charge in [0.25, 0.3) is 0 Å². The Labute approximate surface area is 83.2 Å². The highest BCUT2D eigenvalue weighted by molar-refractivity contribution is 6.01. The van der Waals surface area contributed by atoms with Gasteiger partial charge in [-0.1, -0.05) is 5.16 Å². The molecule has 1 aliphatic carbocycles. The molecular weight excluding hydrogens is 178 g/mol. The lowest BCUT2D eigenvalue weighted by atomic mass is 9.96. The van der Waals surface area contributed by atoms with Crippen LogP contribution in [0.3, 0.4) is 0 Å². The zero-order valence-electron chi connectivity index (χ0n) is 8.56. The van der Waals surface area contributed by atoms with Crippen molar-refractivity contribution in [2.75, 3.05) is 0 Å². The lowest BCUT2D eigenvalue weighted by Gasteiger charge is -2.16. The molecule has 1 aromatic heterocycles. The number of nitrogens with zero attached hydrogens (tertiary/aromatic N) is 3. The first-order chi connectivity index (χ1) is 6.74. The third-order valence-corrected chi connectivity index (χ3v) is 2.65. The van der Waals surface area contributed by atoms with Crippen molar-refractivity contribution >= 4 is 5.71 Å². The Morgan fingerprint density at radius 3 is 2.93 bits per heavy atom. The highest BCUT2D eigenvalue weighted by Gasteiger charge is 2.21. The van der Waals surface area contributed by atoms with Crippen LogP contribution >= 0.6 is 0 Å². The van der Waals surface area contributed by atoms with Crippen molar-refractivity contribution in [3.8, 4) is 0 Å². The van der Waals surface area contributed by atoms with Gasteiger partial charge in [-0.05, 0) is 33.1 Å². The van der Waals surface area contributed by atoms with Crippen LogP contribution in [0, 0.1) is 0 Å². The van der Waals surface area contributed by atoms with Gasteiger partial charge in [-0.3, -0.25) is 4.68 Å². The van der Waals surface area contributed by atoms with E-state index in [1.165, 1.54) is 5.69 Å². The molecule has 0 spiro atoms. The van der Waals surface area contributed by atoms with E-state index in [9.17, 15) is 0 Å². The van der Waals surface area contributed by atoms with Gasteiger partial charge in [0.2, 0.25) is 0 Å². The Kier molecular flexibility index (Phi) is 2.27. The second-order valence-corrected chi connectivity index (χ2v) is 3.94. The molecule has 0 bridgehead atoms. The number of fused-ring (bicyclic) bond motifs is 1. The largest absolute Gasteiger partial charge is 0.411 e. The Morgan fingerprint density at radius 2 is 2.29 bits per heavy atom. The number of rotatable bonds is 1. The summed E-state index contributed by atoms with van der Waals surface area (Å²) in [6, 6.07) is 0.372. The van der Waals surface area contributed by atoms with E-state index in [2.05, 4.69) is 24.1 Å². The molecule has 0 saturated carbocycles. The maximum atomic E-state index is 8.84. The average molecular weight is 193 g/mol. The molecule has 4 nitrogen and oxygen atoms in total. The first-order valence-corrected chi connectivity index (χ1v) is 5.01. The normalized spacial score (nSPS) is 18.9. The molecule has 0 amide bonds. The highest BCUT2D eigenvalue weighted by atomic mass is 16.4. The predicted octanol–water partition coefficient (Wildman–Crippen LogP) is 1.98. The number of aromatic nitrogens is 2. The Bertz CT molecular complexity index is 365. The zero-order chi connectivity index (χ0) is 10.1. The SMILES string of the molecule is CC(C)n1ncc2c1CCC/C2=N/O. The van der Waals surface area contributed by atoms with E-state index in [4.69, 9.17) is 5.21 Å².